The third kappa shape index (κ3) is 3.44. The number of rotatable bonds is 4. The second-order valence-corrected chi connectivity index (χ2v) is 3.07. The maximum absolute atomic E-state index is 11.1. The first-order valence-electron chi connectivity index (χ1n) is 3.69. The lowest BCUT2D eigenvalue weighted by Crippen LogP contribution is -2.45. The van der Waals surface area contributed by atoms with Crippen molar-refractivity contribution < 1.29 is 19.8 Å². The van der Waals surface area contributed by atoms with Crippen LogP contribution in [-0.2, 0) is 4.79 Å². The molecule has 15 heavy (non-hydrogen) atoms. The van der Waals surface area contributed by atoms with Gasteiger partial charge in [0.25, 0.3) is 0 Å². The zero-order chi connectivity index (χ0) is 11.3. The van der Waals surface area contributed by atoms with Crippen LogP contribution in [0.15, 0.2) is 0 Å². The van der Waals surface area contributed by atoms with Gasteiger partial charge in [0.15, 0.2) is 6.04 Å². The molecular formula is C5H7N5O4S. The lowest BCUT2D eigenvalue weighted by molar-refractivity contribution is -0.140. The molecule has 1 rings (SSSR count). The summed E-state index contributed by atoms with van der Waals surface area (Å²) in [6, 6.07) is -2.15. The Hall–Kier alpha value is -1.81. The van der Waals surface area contributed by atoms with Gasteiger partial charge >= 0.3 is 12.0 Å². The summed E-state index contributed by atoms with van der Waals surface area (Å²) in [5.74, 6) is -1.33. The maximum atomic E-state index is 11.1. The molecule has 0 aromatic carbocycles. The third-order valence-electron chi connectivity index (χ3n) is 1.31. The Labute approximate surface area is 87.3 Å². The number of nitrogens with one attached hydrogen (secondary N) is 2. The Bertz CT molecular complexity index is 341. The van der Waals surface area contributed by atoms with E-state index >= 15 is 0 Å². The monoisotopic (exact) mass is 233 g/mol. The number of carbonyl (C=O) groups excluding carboxylic acids is 1. The molecule has 0 saturated heterocycles. The molecule has 4 N–H and O–H groups in total. The third-order valence-corrected chi connectivity index (χ3v) is 1.82. The lowest BCUT2D eigenvalue weighted by atomic mass is 10.3. The van der Waals surface area contributed by atoms with Crippen LogP contribution in [0.4, 0.5) is 9.93 Å². The fraction of sp³-hybridized carbons (Fsp3) is 0.400. The molecule has 1 aromatic rings. The van der Waals surface area contributed by atoms with E-state index in [4.69, 9.17) is 10.2 Å². The van der Waals surface area contributed by atoms with Crippen molar-refractivity contribution >= 4 is 28.7 Å². The zero-order valence-electron chi connectivity index (χ0n) is 7.25. The Morgan fingerprint density at radius 1 is 1.53 bits per heavy atom. The van der Waals surface area contributed by atoms with Crippen molar-refractivity contribution in [1.29, 1.82) is 0 Å². The number of urea groups is 1. The van der Waals surface area contributed by atoms with E-state index in [9.17, 15) is 9.59 Å². The molecule has 0 radical (unpaired) electrons. The molecule has 0 spiro atoms. The minimum atomic E-state index is -1.36. The van der Waals surface area contributed by atoms with E-state index in [1.807, 2.05) is 5.32 Å². The molecule has 0 aliphatic heterocycles. The number of aliphatic hydroxyl groups excluding tert-OH is 1. The van der Waals surface area contributed by atoms with Gasteiger partial charge in [0.2, 0.25) is 5.13 Å². The molecule has 0 aliphatic rings. The highest BCUT2D eigenvalue weighted by molar-refractivity contribution is 7.09. The van der Waals surface area contributed by atoms with Gasteiger partial charge in [-0.3, -0.25) is 5.32 Å². The first-order valence-corrected chi connectivity index (χ1v) is 4.47. The molecular weight excluding hydrogens is 226 g/mol. The van der Waals surface area contributed by atoms with Crippen LogP contribution in [0.1, 0.15) is 0 Å². The normalized spacial score (nSPS) is 11.8. The van der Waals surface area contributed by atoms with Crippen LogP contribution in [0.2, 0.25) is 0 Å². The Morgan fingerprint density at radius 3 is 2.73 bits per heavy atom. The molecule has 0 unspecified atom stereocenters. The second-order valence-electron chi connectivity index (χ2n) is 2.34. The number of aliphatic hydroxyl groups is 1. The van der Waals surface area contributed by atoms with Crippen molar-refractivity contribution in [2.45, 2.75) is 6.04 Å². The SMILES string of the molecule is O=C(Nc1nnns1)N[C@@H](CO)C(=O)O. The number of carbonyl (C=O) groups is 2. The molecule has 2 amide bonds. The number of nitrogens with zero attached hydrogens (tertiary/aromatic N) is 3. The average Bonchev–Trinajstić information content (AvgIpc) is 2.66. The van der Waals surface area contributed by atoms with Gasteiger partial charge in [-0.15, -0.1) is 0 Å². The fourth-order valence-corrected chi connectivity index (χ4v) is 1.02. The van der Waals surface area contributed by atoms with E-state index in [-0.39, 0.29) is 5.13 Å². The van der Waals surface area contributed by atoms with Crippen LogP contribution in [0.3, 0.4) is 0 Å². The number of carboxylic acids is 1. The number of aromatic nitrogens is 3. The molecule has 1 atom stereocenters. The molecule has 1 heterocycles. The van der Waals surface area contributed by atoms with Gasteiger partial charge in [-0.25, -0.2) is 9.59 Å². The topological polar surface area (TPSA) is 137 Å². The minimum Gasteiger partial charge on any atom is -0.480 e. The van der Waals surface area contributed by atoms with Crippen LogP contribution in [0.25, 0.3) is 0 Å². The summed E-state index contributed by atoms with van der Waals surface area (Å²) in [6.45, 7) is -0.697. The van der Waals surface area contributed by atoms with Gasteiger partial charge in [-0.2, -0.15) is 0 Å². The zero-order valence-corrected chi connectivity index (χ0v) is 8.06. The molecule has 1 aromatic heterocycles. The van der Waals surface area contributed by atoms with Crippen LogP contribution in [0, 0.1) is 0 Å². The van der Waals surface area contributed by atoms with Crippen LogP contribution in [0.5, 0.6) is 0 Å². The molecule has 0 fully saturated rings. The predicted octanol–water partition coefficient (Wildman–Crippen LogP) is -1.50. The van der Waals surface area contributed by atoms with Gasteiger partial charge in [0, 0.05) is 11.5 Å². The standard InChI is InChI=1S/C5H7N5O4S/c11-1-2(3(12)13)6-4(14)7-5-8-9-10-15-5/h2,11H,1H2,(H,12,13)(H2,6,7,8,10,14)/t2-/m0/s1. The van der Waals surface area contributed by atoms with Crippen molar-refractivity contribution in [3.8, 4) is 0 Å². The number of amides is 2. The first-order chi connectivity index (χ1) is 7.13. The molecule has 0 saturated carbocycles. The number of hydrogen-bond donors (Lipinski definition) is 4. The fourth-order valence-electron chi connectivity index (χ4n) is 0.659. The highest BCUT2D eigenvalue weighted by atomic mass is 32.1. The minimum absolute atomic E-state index is 0.134. The molecule has 82 valence electrons. The Kier molecular flexibility index (Phi) is 3.88. The van der Waals surface area contributed by atoms with Crippen LogP contribution in [-0.4, -0.2) is 49.7 Å². The summed E-state index contributed by atoms with van der Waals surface area (Å²) >= 11 is 0.840. The number of carboxylic acid groups (broad SMARTS) is 1. The van der Waals surface area contributed by atoms with Gasteiger partial charge in [0.1, 0.15) is 0 Å². The molecule has 0 bridgehead atoms. The predicted molar refractivity (Wildman–Crippen MR) is 48.4 cm³/mol. The van der Waals surface area contributed by atoms with E-state index < -0.39 is 24.6 Å². The van der Waals surface area contributed by atoms with E-state index in [2.05, 4.69) is 20.1 Å². The van der Waals surface area contributed by atoms with Crippen molar-refractivity contribution in [3.05, 3.63) is 0 Å². The Morgan fingerprint density at radius 2 is 2.27 bits per heavy atom. The smallest absolute Gasteiger partial charge is 0.328 e. The van der Waals surface area contributed by atoms with Gasteiger partial charge in [-0.1, -0.05) is 9.59 Å². The first kappa shape index (κ1) is 11.3. The summed E-state index contributed by atoms with van der Waals surface area (Å²) in [5.41, 5.74) is 0. The van der Waals surface area contributed by atoms with Crippen molar-refractivity contribution in [3.63, 3.8) is 0 Å². The van der Waals surface area contributed by atoms with Gasteiger partial charge in [-0.05, 0) is 5.21 Å². The Balaban J connectivity index is 2.45. The highest BCUT2D eigenvalue weighted by Gasteiger charge is 2.18. The van der Waals surface area contributed by atoms with E-state index in [1.54, 1.807) is 0 Å². The average molecular weight is 233 g/mol. The van der Waals surface area contributed by atoms with Gasteiger partial charge < -0.3 is 15.5 Å². The summed E-state index contributed by atoms with van der Waals surface area (Å²) in [4.78, 5) is 21.5. The number of anilines is 1. The molecule has 9 nitrogen and oxygen atoms in total. The van der Waals surface area contributed by atoms with E-state index in [0.29, 0.717) is 0 Å². The summed E-state index contributed by atoms with van der Waals surface area (Å²) in [7, 11) is 0. The van der Waals surface area contributed by atoms with E-state index in [1.165, 1.54) is 0 Å². The maximum Gasteiger partial charge on any atom is 0.328 e. The number of hydrogen-bond acceptors (Lipinski definition) is 7. The second kappa shape index (κ2) is 5.17. The number of aliphatic carboxylic acids is 1. The highest BCUT2D eigenvalue weighted by Crippen LogP contribution is 2.03. The quantitative estimate of drug-likeness (QED) is 0.496. The van der Waals surface area contributed by atoms with Crippen molar-refractivity contribution in [2.75, 3.05) is 11.9 Å². The van der Waals surface area contributed by atoms with Crippen LogP contribution < -0.4 is 10.6 Å². The van der Waals surface area contributed by atoms with E-state index in [0.717, 1.165) is 11.5 Å². The summed E-state index contributed by atoms with van der Waals surface area (Å²) in [5, 5.41) is 28.1. The van der Waals surface area contributed by atoms with Gasteiger partial charge in [0.05, 0.1) is 6.61 Å². The van der Waals surface area contributed by atoms with Crippen molar-refractivity contribution in [2.24, 2.45) is 0 Å². The summed E-state index contributed by atoms with van der Waals surface area (Å²) < 4.78 is 3.38. The molecule has 0 aliphatic carbocycles. The lowest BCUT2D eigenvalue weighted by Gasteiger charge is -2.10. The molecule has 10 heteroatoms. The van der Waals surface area contributed by atoms with Crippen LogP contribution >= 0.6 is 11.5 Å². The largest absolute Gasteiger partial charge is 0.480 e. The van der Waals surface area contributed by atoms with Crippen molar-refractivity contribution in [1.82, 2.24) is 20.1 Å². The summed E-state index contributed by atoms with van der Waals surface area (Å²) in [6.07, 6.45) is 0.